The normalized spacial score (nSPS) is 20.3. The van der Waals surface area contributed by atoms with Gasteiger partial charge in [-0.1, -0.05) is 6.07 Å². The summed E-state index contributed by atoms with van der Waals surface area (Å²) in [5.41, 5.74) is 8.19. The van der Waals surface area contributed by atoms with Crippen LogP contribution in [0.25, 0.3) is 0 Å². The van der Waals surface area contributed by atoms with E-state index in [0.717, 1.165) is 24.8 Å². The zero-order chi connectivity index (χ0) is 10.1. The minimum Gasteiger partial charge on any atom is -0.504 e. The first kappa shape index (κ1) is 9.34. The highest BCUT2D eigenvalue weighted by molar-refractivity contribution is 5.52. The number of hydrogen-bond acceptors (Lipinski definition) is 3. The van der Waals surface area contributed by atoms with Crippen LogP contribution in [0.15, 0.2) is 12.1 Å². The molecule has 3 nitrogen and oxygen atoms in total. The molecule has 0 spiro atoms. The van der Waals surface area contributed by atoms with Crippen molar-refractivity contribution in [2.24, 2.45) is 5.73 Å². The van der Waals surface area contributed by atoms with Gasteiger partial charge in [-0.2, -0.15) is 0 Å². The number of fused-ring (bicyclic) bond motifs is 1. The molecule has 1 aliphatic rings. The highest BCUT2D eigenvalue weighted by Gasteiger charge is 2.22. The number of phenolic OH excluding ortho intramolecular Hbond substituents is 1. The van der Waals surface area contributed by atoms with Crippen molar-refractivity contribution in [2.75, 3.05) is 7.11 Å². The fourth-order valence-corrected chi connectivity index (χ4v) is 2.12. The average Bonchev–Trinajstić information content (AvgIpc) is 2.19. The summed E-state index contributed by atoms with van der Waals surface area (Å²) in [4.78, 5) is 0. The van der Waals surface area contributed by atoms with Crippen molar-refractivity contribution in [1.29, 1.82) is 0 Å². The molecule has 0 heterocycles. The molecule has 1 atom stereocenters. The number of phenols is 1. The Hall–Kier alpha value is -1.22. The van der Waals surface area contributed by atoms with Gasteiger partial charge in [0.1, 0.15) is 0 Å². The van der Waals surface area contributed by atoms with E-state index >= 15 is 0 Å². The van der Waals surface area contributed by atoms with Crippen LogP contribution < -0.4 is 10.5 Å². The molecule has 0 bridgehead atoms. The number of aromatic hydroxyl groups is 1. The van der Waals surface area contributed by atoms with Gasteiger partial charge < -0.3 is 15.6 Å². The molecule has 0 amide bonds. The van der Waals surface area contributed by atoms with E-state index in [1.165, 1.54) is 5.56 Å². The molecule has 1 aromatic carbocycles. The summed E-state index contributed by atoms with van der Waals surface area (Å²) in [6.45, 7) is 0. The van der Waals surface area contributed by atoms with E-state index in [1.54, 1.807) is 13.2 Å². The minimum atomic E-state index is 0.000741. The van der Waals surface area contributed by atoms with Crippen molar-refractivity contribution in [3.63, 3.8) is 0 Å². The molecule has 0 radical (unpaired) electrons. The van der Waals surface area contributed by atoms with Crippen molar-refractivity contribution in [1.82, 2.24) is 0 Å². The molecule has 0 saturated carbocycles. The van der Waals surface area contributed by atoms with Crippen LogP contribution in [0, 0.1) is 0 Å². The lowest BCUT2D eigenvalue weighted by molar-refractivity contribution is 0.361. The molecule has 1 aliphatic carbocycles. The molecular formula is C11H15NO2. The maximum atomic E-state index is 9.60. The van der Waals surface area contributed by atoms with Gasteiger partial charge in [0, 0.05) is 11.6 Å². The Bertz CT molecular complexity index is 349. The van der Waals surface area contributed by atoms with Gasteiger partial charge >= 0.3 is 0 Å². The van der Waals surface area contributed by atoms with Crippen LogP contribution in [0.1, 0.15) is 30.0 Å². The first-order valence-electron chi connectivity index (χ1n) is 4.88. The van der Waals surface area contributed by atoms with Crippen molar-refractivity contribution >= 4 is 0 Å². The molecule has 14 heavy (non-hydrogen) atoms. The second kappa shape index (κ2) is 3.50. The highest BCUT2D eigenvalue weighted by atomic mass is 16.5. The predicted octanol–water partition coefficient (Wildman–Crippen LogP) is 1.74. The first-order chi connectivity index (χ1) is 6.74. The van der Waals surface area contributed by atoms with E-state index in [2.05, 4.69) is 0 Å². The van der Waals surface area contributed by atoms with Gasteiger partial charge in [-0.05, 0) is 30.9 Å². The minimum absolute atomic E-state index is 0.000741. The Labute approximate surface area is 83.5 Å². The first-order valence-corrected chi connectivity index (χ1v) is 4.88. The number of methoxy groups -OCH3 is 1. The van der Waals surface area contributed by atoms with Crippen LogP contribution in [-0.4, -0.2) is 12.2 Å². The van der Waals surface area contributed by atoms with Crippen LogP contribution in [0.3, 0.4) is 0 Å². The third-order valence-electron chi connectivity index (χ3n) is 2.80. The number of aryl methyl sites for hydroxylation is 1. The van der Waals surface area contributed by atoms with Crippen LogP contribution in [-0.2, 0) is 6.42 Å². The van der Waals surface area contributed by atoms with Crippen LogP contribution >= 0.6 is 0 Å². The van der Waals surface area contributed by atoms with E-state index in [0.29, 0.717) is 5.75 Å². The number of benzene rings is 1. The van der Waals surface area contributed by atoms with Gasteiger partial charge in [0.05, 0.1) is 7.11 Å². The van der Waals surface area contributed by atoms with E-state index in [9.17, 15) is 5.11 Å². The molecule has 2 rings (SSSR count). The highest BCUT2D eigenvalue weighted by Crippen LogP contribution is 2.40. The molecule has 76 valence electrons. The largest absolute Gasteiger partial charge is 0.504 e. The summed E-state index contributed by atoms with van der Waals surface area (Å²) in [5.74, 6) is 0.735. The summed E-state index contributed by atoms with van der Waals surface area (Å²) in [5, 5.41) is 9.60. The summed E-state index contributed by atoms with van der Waals surface area (Å²) < 4.78 is 5.18. The van der Waals surface area contributed by atoms with Gasteiger partial charge in [-0.15, -0.1) is 0 Å². The lowest BCUT2D eigenvalue weighted by atomic mass is 9.87. The van der Waals surface area contributed by atoms with Gasteiger partial charge in [0.25, 0.3) is 0 Å². The molecule has 0 fully saturated rings. The summed E-state index contributed by atoms with van der Waals surface area (Å²) in [6.07, 6.45) is 3.11. The summed E-state index contributed by atoms with van der Waals surface area (Å²) in [6, 6.07) is 3.61. The van der Waals surface area contributed by atoms with Crippen molar-refractivity contribution in [2.45, 2.75) is 25.3 Å². The molecule has 3 heteroatoms. The molecule has 0 aliphatic heterocycles. The summed E-state index contributed by atoms with van der Waals surface area (Å²) >= 11 is 0. The van der Waals surface area contributed by atoms with Gasteiger partial charge in [-0.25, -0.2) is 0 Å². The Morgan fingerprint density at radius 3 is 3.00 bits per heavy atom. The van der Waals surface area contributed by atoms with Crippen LogP contribution in [0.2, 0.25) is 0 Å². The zero-order valence-electron chi connectivity index (χ0n) is 8.29. The Balaban J connectivity index is 2.57. The fourth-order valence-electron chi connectivity index (χ4n) is 2.12. The third kappa shape index (κ3) is 1.34. The van der Waals surface area contributed by atoms with Crippen molar-refractivity contribution in [3.05, 3.63) is 23.3 Å². The standard InChI is InChI=1S/C11H15NO2/c1-14-11-9(13)6-5-7-3-2-4-8(12)10(7)11/h5-6,8,13H,2-4,12H2,1H3/t8-/m0/s1. The quantitative estimate of drug-likeness (QED) is 0.714. The molecule has 0 saturated heterocycles. The number of ether oxygens (including phenoxy) is 1. The molecule has 1 aromatic rings. The maximum Gasteiger partial charge on any atom is 0.165 e. The van der Waals surface area contributed by atoms with E-state index in [-0.39, 0.29) is 11.8 Å². The topological polar surface area (TPSA) is 55.5 Å². The van der Waals surface area contributed by atoms with E-state index in [1.807, 2.05) is 6.07 Å². The number of nitrogens with two attached hydrogens (primary N) is 1. The maximum absolute atomic E-state index is 9.60. The third-order valence-corrected chi connectivity index (χ3v) is 2.80. The molecule has 0 unspecified atom stereocenters. The van der Waals surface area contributed by atoms with Crippen molar-refractivity contribution < 1.29 is 9.84 Å². The molecule has 3 N–H and O–H groups in total. The lowest BCUT2D eigenvalue weighted by Gasteiger charge is -2.24. The smallest absolute Gasteiger partial charge is 0.165 e. The predicted molar refractivity (Wildman–Crippen MR) is 54.5 cm³/mol. The van der Waals surface area contributed by atoms with Gasteiger partial charge in [0.15, 0.2) is 11.5 Å². The second-order valence-corrected chi connectivity index (χ2v) is 3.69. The SMILES string of the molecule is COc1c(O)ccc2c1[C@@H](N)CCC2. The Morgan fingerprint density at radius 1 is 1.50 bits per heavy atom. The zero-order valence-corrected chi connectivity index (χ0v) is 8.29. The van der Waals surface area contributed by atoms with Gasteiger partial charge in [0.2, 0.25) is 0 Å². The molecular weight excluding hydrogens is 178 g/mol. The van der Waals surface area contributed by atoms with Crippen LogP contribution in [0.4, 0.5) is 0 Å². The number of hydrogen-bond donors (Lipinski definition) is 2. The lowest BCUT2D eigenvalue weighted by Crippen LogP contribution is -2.18. The average molecular weight is 193 g/mol. The number of rotatable bonds is 1. The summed E-state index contributed by atoms with van der Waals surface area (Å²) in [7, 11) is 1.57. The second-order valence-electron chi connectivity index (χ2n) is 3.69. The van der Waals surface area contributed by atoms with Crippen molar-refractivity contribution in [3.8, 4) is 11.5 Å². The Kier molecular flexibility index (Phi) is 2.33. The molecule has 0 aromatic heterocycles. The van der Waals surface area contributed by atoms with Crippen LogP contribution in [0.5, 0.6) is 11.5 Å². The van der Waals surface area contributed by atoms with E-state index < -0.39 is 0 Å². The van der Waals surface area contributed by atoms with E-state index in [4.69, 9.17) is 10.5 Å². The fraction of sp³-hybridized carbons (Fsp3) is 0.455. The monoisotopic (exact) mass is 193 g/mol. The van der Waals surface area contributed by atoms with Gasteiger partial charge in [-0.3, -0.25) is 0 Å². The Morgan fingerprint density at radius 2 is 2.29 bits per heavy atom.